The molecule has 0 spiro atoms. The Bertz CT molecular complexity index is 157. The van der Waals surface area contributed by atoms with E-state index in [1.165, 1.54) is 32.1 Å². The number of methoxy groups -OCH3 is 1. The van der Waals surface area contributed by atoms with Crippen LogP contribution in [0.15, 0.2) is 0 Å². The molecule has 15 heavy (non-hydrogen) atoms. The molecule has 0 aromatic rings. The summed E-state index contributed by atoms with van der Waals surface area (Å²) in [5.41, 5.74) is 0. The third-order valence-electron chi connectivity index (χ3n) is 3.44. The van der Waals surface area contributed by atoms with E-state index in [0.29, 0.717) is 0 Å². The van der Waals surface area contributed by atoms with E-state index < -0.39 is 0 Å². The molecule has 1 N–H and O–H groups in total. The van der Waals surface area contributed by atoms with E-state index in [1.54, 1.807) is 7.11 Å². The maximum Gasteiger partial charge on any atom is 0.0464 e. The third-order valence-corrected chi connectivity index (χ3v) is 3.44. The van der Waals surface area contributed by atoms with Crippen molar-refractivity contribution in [3.63, 3.8) is 0 Å². The van der Waals surface area contributed by atoms with Gasteiger partial charge in [-0.2, -0.15) is 0 Å². The van der Waals surface area contributed by atoms with Gasteiger partial charge < -0.3 is 10.1 Å². The lowest BCUT2D eigenvalue weighted by Crippen LogP contribution is -2.31. The first-order valence-electron chi connectivity index (χ1n) is 6.50. The van der Waals surface area contributed by atoms with Crippen molar-refractivity contribution in [3.8, 4) is 0 Å². The molecule has 0 aromatic heterocycles. The van der Waals surface area contributed by atoms with Gasteiger partial charge in [-0.05, 0) is 50.5 Å². The van der Waals surface area contributed by atoms with Gasteiger partial charge in [-0.25, -0.2) is 0 Å². The average Bonchev–Trinajstić information content (AvgIpc) is 3.04. The molecule has 0 radical (unpaired) electrons. The van der Waals surface area contributed by atoms with E-state index in [4.69, 9.17) is 4.74 Å². The number of hydrogen-bond acceptors (Lipinski definition) is 2. The van der Waals surface area contributed by atoms with Crippen molar-refractivity contribution in [2.24, 2.45) is 11.8 Å². The highest BCUT2D eigenvalue weighted by Gasteiger charge is 2.30. The Labute approximate surface area is 94.8 Å². The molecular formula is C13H27NO. The molecule has 1 aliphatic carbocycles. The van der Waals surface area contributed by atoms with Gasteiger partial charge >= 0.3 is 0 Å². The smallest absolute Gasteiger partial charge is 0.0464 e. The molecule has 2 nitrogen and oxygen atoms in total. The van der Waals surface area contributed by atoms with Crippen LogP contribution in [-0.4, -0.2) is 26.3 Å². The summed E-state index contributed by atoms with van der Waals surface area (Å²) in [5.74, 6) is 1.80. The molecule has 0 amide bonds. The molecule has 1 fully saturated rings. The molecule has 0 aromatic carbocycles. The Morgan fingerprint density at radius 3 is 2.53 bits per heavy atom. The number of rotatable bonds is 9. The summed E-state index contributed by atoms with van der Waals surface area (Å²) >= 11 is 0. The van der Waals surface area contributed by atoms with Crippen LogP contribution in [0, 0.1) is 11.8 Å². The van der Waals surface area contributed by atoms with Crippen LogP contribution in [0.5, 0.6) is 0 Å². The Balaban J connectivity index is 2.09. The van der Waals surface area contributed by atoms with Gasteiger partial charge in [-0.1, -0.05) is 13.8 Å². The van der Waals surface area contributed by atoms with E-state index in [9.17, 15) is 0 Å². The van der Waals surface area contributed by atoms with Gasteiger partial charge in [0.15, 0.2) is 0 Å². The van der Waals surface area contributed by atoms with Crippen LogP contribution < -0.4 is 5.32 Å². The second-order valence-electron chi connectivity index (χ2n) is 4.97. The molecule has 1 aliphatic rings. The predicted molar refractivity (Wildman–Crippen MR) is 65.1 cm³/mol. The maximum absolute atomic E-state index is 5.11. The summed E-state index contributed by atoms with van der Waals surface area (Å²) in [6, 6.07) is 0.792. The van der Waals surface area contributed by atoms with Crippen molar-refractivity contribution in [3.05, 3.63) is 0 Å². The molecule has 0 bridgehead atoms. The molecular weight excluding hydrogens is 186 g/mol. The fourth-order valence-electron chi connectivity index (χ4n) is 2.19. The molecule has 0 saturated heterocycles. The Hall–Kier alpha value is -0.0800. The number of ether oxygens (including phenoxy) is 1. The van der Waals surface area contributed by atoms with Crippen LogP contribution in [0.3, 0.4) is 0 Å². The van der Waals surface area contributed by atoms with Crippen molar-refractivity contribution >= 4 is 0 Å². The summed E-state index contributed by atoms with van der Waals surface area (Å²) in [7, 11) is 1.79. The molecule has 0 aliphatic heterocycles. The Morgan fingerprint density at radius 2 is 2.00 bits per heavy atom. The van der Waals surface area contributed by atoms with Gasteiger partial charge in [0, 0.05) is 19.8 Å². The quantitative estimate of drug-likeness (QED) is 0.636. The monoisotopic (exact) mass is 213 g/mol. The lowest BCUT2D eigenvalue weighted by Gasteiger charge is -2.19. The predicted octanol–water partition coefficient (Wildman–Crippen LogP) is 2.83. The third kappa shape index (κ3) is 5.53. The fraction of sp³-hybridized carbons (Fsp3) is 1.00. The lowest BCUT2D eigenvalue weighted by atomic mass is 9.97. The highest BCUT2D eigenvalue weighted by Crippen LogP contribution is 2.35. The first-order chi connectivity index (χ1) is 7.27. The largest absolute Gasteiger partial charge is 0.385 e. The SMILES string of the molecule is CCNC(CCC(C)CCOC)C1CC1. The van der Waals surface area contributed by atoms with Crippen LogP contribution in [0.2, 0.25) is 0 Å². The second kappa shape index (κ2) is 7.24. The van der Waals surface area contributed by atoms with E-state index in [-0.39, 0.29) is 0 Å². The minimum atomic E-state index is 0.792. The second-order valence-corrected chi connectivity index (χ2v) is 4.97. The van der Waals surface area contributed by atoms with Crippen LogP contribution in [-0.2, 0) is 4.74 Å². The summed E-state index contributed by atoms with van der Waals surface area (Å²) in [6.07, 6.45) is 6.80. The normalized spacial score (nSPS) is 20.2. The molecule has 0 heterocycles. The molecule has 2 unspecified atom stereocenters. The van der Waals surface area contributed by atoms with Crippen molar-refractivity contribution in [1.29, 1.82) is 0 Å². The average molecular weight is 213 g/mol. The van der Waals surface area contributed by atoms with Gasteiger partial charge in [0.1, 0.15) is 0 Å². The summed E-state index contributed by atoms with van der Waals surface area (Å²) in [6.45, 7) is 6.59. The van der Waals surface area contributed by atoms with E-state index >= 15 is 0 Å². The zero-order valence-corrected chi connectivity index (χ0v) is 10.6. The van der Waals surface area contributed by atoms with Gasteiger partial charge in [0.25, 0.3) is 0 Å². The van der Waals surface area contributed by atoms with E-state index in [2.05, 4.69) is 19.2 Å². The molecule has 2 atom stereocenters. The Kier molecular flexibility index (Phi) is 6.26. The van der Waals surface area contributed by atoms with E-state index in [1.807, 2.05) is 0 Å². The summed E-state index contributed by atoms with van der Waals surface area (Å²) in [4.78, 5) is 0. The summed E-state index contributed by atoms with van der Waals surface area (Å²) in [5, 5.41) is 3.62. The van der Waals surface area contributed by atoms with Gasteiger partial charge in [0.05, 0.1) is 0 Å². The number of nitrogens with one attached hydrogen (secondary N) is 1. The fourth-order valence-corrected chi connectivity index (χ4v) is 2.19. The standard InChI is InChI=1S/C13H27NO/c1-4-14-13(12-6-7-12)8-5-11(2)9-10-15-3/h11-14H,4-10H2,1-3H3. The first kappa shape index (κ1) is 13.0. The topological polar surface area (TPSA) is 21.3 Å². The van der Waals surface area contributed by atoms with Crippen molar-refractivity contribution < 1.29 is 4.74 Å². The zero-order chi connectivity index (χ0) is 11.1. The van der Waals surface area contributed by atoms with E-state index in [0.717, 1.165) is 31.0 Å². The number of hydrogen-bond donors (Lipinski definition) is 1. The van der Waals surface area contributed by atoms with Crippen LogP contribution in [0.25, 0.3) is 0 Å². The van der Waals surface area contributed by atoms with Crippen molar-refractivity contribution in [1.82, 2.24) is 5.32 Å². The minimum absolute atomic E-state index is 0.792. The van der Waals surface area contributed by atoms with Crippen LogP contribution in [0.4, 0.5) is 0 Å². The molecule has 1 saturated carbocycles. The first-order valence-corrected chi connectivity index (χ1v) is 6.50. The minimum Gasteiger partial charge on any atom is -0.385 e. The molecule has 90 valence electrons. The highest BCUT2D eigenvalue weighted by atomic mass is 16.5. The lowest BCUT2D eigenvalue weighted by molar-refractivity contribution is 0.176. The van der Waals surface area contributed by atoms with Gasteiger partial charge in [-0.15, -0.1) is 0 Å². The molecule has 2 heteroatoms. The van der Waals surface area contributed by atoms with Gasteiger partial charge in [0.2, 0.25) is 0 Å². The zero-order valence-electron chi connectivity index (χ0n) is 10.6. The highest BCUT2D eigenvalue weighted by molar-refractivity contribution is 4.86. The molecule has 1 rings (SSSR count). The Morgan fingerprint density at radius 1 is 1.27 bits per heavy atom. The van der Waals surface area contributed by atoms with Crippen molar-refractivity contribution in [2.75, 3.05) is 20.3 Å². The van der Waals surface area contributed by atoms with Crippen LogP contribution >= 0.6 is 0 Å². The maximum atomic E-state index is 5.11. The summed E-state index contributed by atoms with van der Waals surface area (Å²) < 4.78 is 5.11. The van der Waals surface area contributed by atoms with Crippen molar-refractivity contribution in [2.45, 2.75) is 52.0 Å². The van der Waals surface area contributed by atoms with Crippen LogP contribution in [0.1, 0.15) is 46.0 Å². The van der Waals surface area contributed by atoms with Gasteiger partial charge in [-0.3, -0.25) is 0 Å².